The lowest BCUT2D eigenvalue weighted by atomic mass is 10.3. The van der Waals surface area contributed by atoms with Gasteiger partial charge in [0.2, 0.25) is 0 Å². The maximum absolute atomic E-state index is 12.1. The molecular weight excluding hydrogens is 290 g/mol. The Labute approximate surface area is 115 Å². The first kappa shape index (κ1) is 13.6. The minimum atomic E-state index is -3.75. The van der Waals surface area contributed by atoms with E-state index in [0.29, 0.717) is 5.75 Å². The van der Waals surface area contributed by atoms with Gasteiger partial charge >= 0.3 is 0 Å². The van der Waals surface area contributed by atoms with Crippen molar-refractivity contribution in [2.24, 2.45) is 0 Å². The molecule has 6 nitrogen and oxygen atoms in total. The zero-order valence-electron chi connectivity index (χ0n) is 9.87. The van der Waals surface area contributed by atoms with Crippen LogP contribution in [-0.4, -0.2) is 25.5 Å². The molecule has 0 fully saturated rings. The number of hydrogen-bond acceptors (Lipinski definition) is 5. The molecule has 2 aromatic rings. The Kier molecular flexibility index (Phi) is 3.87. The van der Waals surface area contributed by atoms with Crippen molar-refractivity contribution in [1.29, 1.82) is 0 Å². The largest absolute Gasteiger partial charge is 0.497 e. The fourth-order valence-corrected chi connectivity index (χ4v) is 2.56. The number of methoxy groups -OCH3 is 1. The Bertz CT molecular complexity index is 674. The maximum Gasteiger partial charge on any atom is 0.263 e. The van der Waals surface area contributed by atoms with Crippen LogP contribution >= 0.6 is 11.6 Å². The highest BCUT2D eigenvalue weighted by atomic mass is 35.5. The monoisotopic (exact) mass is 299 g/mol. The highest BCUT2D eigenvalue weighted by molar-refractivity contribution is 7.92. The van der Waals surface area contributed by atoms with Gasteiger partial charge < -0.3 is 4.74 Å². The molecule has 1 heterocycles. The van der Waals surface area contributed by atoms with Gasteiger partial charge in [0.15, 0.2) is 11.0 Å². The number of nitrogens with zero attached hydrogens (tertiary/aromatic N) is 2. The zero-order valence-corrected chi connectivity index (χ0v) is 11.4. The van der Waals surface area contributed by atoms with Gasteiger partial charge in [0.25, 0.3) is 10.0 Å². The van der Waals surface area contributed by atoms with Gasteiger partial charge in [-0.15, -0.1) is 0 Å². The Balaban J connectivity index is 2.30. The van der Waals surface area contributed by atoms with Gasteiger partial charge in [-0.3, -0.25) is 4.72 Å². The molecule has 0 radical (unpaired) electrons. The van der Waals surface area contributed by atoms with Gasteiger partial charge in [0, 0.05) is 12.4 Å². The zero-order chi connectivity index (χ0) is 13.9. The van der Waals surface area contributed by atoms with Gasteiger partial charge in [0.05, 0.1) is 12.0 Å². The van der Waals surface area contributed by atoms with Gasteiger partial charge in [-0.1, -0.05) is 11.6 Å². The minimum Gasteiger partial charge on any atom is -0.497 e. The molecule has 19 heavy (non-hydrogen) atoms. The number of hydrogen-bond donors (Lipinski definition) is 1. The van der Waals surface area contributed by atoms with Crippen LogP contribution in [0.4, 0.5) is 5.82 Å². The standard InChI is InChI=1S/C11H10ClN3O3S/c1-18-8-2-4-9(5-3-8)19(16,17)15-11-10(12)13-6-7-14-11/h2-7H,1H3,(H,14,15). The molecule has 1 aromatic carbocycles. The van der Waals surface area contributed by atoms with Gasteiger partial charge in [-0.05, 0) is 24.3 Å². The van der Waals surface area contributed by atoms with Crippen LogP contribution < -0.4 is 9.46 Å². The molecule has 2 rings (SSSR count). The van der Waals surface area contributed by atoms with Crippen LogP contribution in [0.2, 0.25) is 5.15 Å². The van der Waals surface area contributed by atoms with Crippen LogP contribution in [0, 0.1) is 0 Å². The molecule has 0 aliphatic heterocycles. The van der Waals surface area contributed by atoms with Crippen LogP contribution in [-0.2, 0) is 10.0 Å². The lowest BCUT2D eigenvalue weighted by Crippen LogP contribution is -2.14. The van der Waals surface area contributed by atoms with Crippen molar-refractivity contribution in [1.82, 2.24) is 9.97 Å². The smallest absolute Gasteiger partial charge is 0.263 e. The first-order valence-corrected chi connectivity index (χ1v) is 7.02. The third-order valence-corrected chi connectivity index (χ3v) is 3.89. The number of nitrogens with one attached hydrogen (secondary N) is 1. The molecule has 0 aliphatic rings. The van der Waals surface area contributed by atoms with Crippen LogP contribution in [0.15, 0.2) is 41.6 Å². The average molecular weight is 300 g/mol. The third-order valence-electron chi connectivity index (χ3n) is 2.25. The number of ether oxygens (including phenoxy) is 1. The van der Waals surface area contributed by atoms with E-state index in [1.165, 1.54) is 31.6 Å². The van der Waals surface area contributed by atoms with E-state index < -0.39 is 10.0 Å². The molecule has 0 amide bonds. The molecule has 8 heteroatoms. The quantitative estimate of drug-likeness (QED) is 0.933. The lowest BCUT2D eigenvalue weighted by Gasteiger charge is -2.08. The SMILES string of the molecule is COc1ccc(S(=O)(=O)Nc2nccnc2Cl)cc1. The van der Waals surface area contributed by atoms with E-state index in [9.17, 15) is 8.42 Å². The van der Waals surface area contributed by atoms with Gasteiger partial charge in [-0.2, -0.15) is 0 Å². The molecule has 0 saturated carbocycles. The first-order valence-electron chi connectivity index (χ1n) is 5.16. The number of halogens is 1. The topological polar surface area (TPSA) is 81.2 Å². The van der Waals surface area contributed by atoms with E-state index >= 15 is 0 Å². The summed E-state index contributed by atoms with van der Waals surface area (Å²) in [7, 11) is -2.25. The highest BCUT2D eigenvalue weighted by Gasteiger charge is 2.16. The summed E-state index contributed by atoms with van der Waals surface area (Å²) in [6.07, 6.45) is 2.71. The fraction of sp³-hybridized carbons (Fsp3) is 0.0909. The third kappa shape index (κ3) is 3.12. The molecule has 0 unspecified atom stereocenters. The van der Waals surface area contributed by atoms with Crippen LogP contribution in [0.1, 0.15) is 0 Å². The summed E-state index contributed by atoms with van der Waals surface area (Å²) < 4.78 is 31.4. The molecule has 1 N–H and O–H groups in total. The highest BCUT2D eigenvalue weighted by Crippen LogP contribution is 2.21. The second kappa shape index (κ2) is 5.41. The number of aromatic nitrogens is 2. The second-order valence-corrected chi connectivity index (χ2v) is 5.52. The molecule has 1 aromatic heterocycles. The molecule has 0 atom stereocenters. The van der Waals surface area contributed by atoms with Crippen LogP contribution in [0.3, 0.4) is 0 Å². The van der Waals surface area contributed by atoms with Crippen molar-refractivity contribution >= 4 is 27.4 Å². The van der Waals surface area contributed by atoms with Crippen molar-refractivity contribution in [3.05, 3.63) is 41.8 Å². The molecule has 100 valence electrons. The van der Waals surface area contributed by atoms with Crippen LogP contribution in [0.5, 0.6) is 5.75 Å². The van der Waals surface area contributed by atoms with Crippen molar-refractivity contribution < 1.29 is 13.2 Å². The molecule has 0 bridgehead atoms. The van der Waals surface area contributed by atoms with Crippen molar-refractivity contribution in [3.8, 4) is 5.75 Å². The summed E-state index contributed by atoms with van der Waals surface area (Å²) in [6, 6.07) is 5.94. The second-order valence-electron chi connectivity index (χ2n) is 3.48. The van der Waals surface area contributed by atoms with Crippen LogP contribution in [0.25, 0.3) is 0 Å². The summed E-state index contributed by atoms with van der Waals surface area (Å²) in [5.41, 5.74) is 0. The Morgan fingerprint density at radius 2 is 1.79 bits per heavy atom. The van der Waals surface area contributed by atoms with Gasteiger partial charge in [0.1, 0.15) is 5.75 Å². The summed E-state index contributed by atoms with van der Waals surface area (Å²) in [4.78, 5) is 7.63. The van der Waals surface area contributed by atoms with E-state index in [1.54, 1.807) is 12.1 Å². The maximum atomic E-state index is 12.1. The van der Waals surface area contributed by atoms with Crippen molar-refractivity contribution in [3.63, 3.8) is 0 Å². The minimum absolute atomic E-state index is 0.0139. The molecule has 0 aliphatic carbocycles. The van der Waals surface area contributed by atoms with E-state index in [0.717, 1.165) is 0 Å². The predicted molar refractivity (Wildman–Crippen MR) is 70.8 cm³/mol. The molecule has 0 spiro atoms. The fourth-order valence-electron chi connectivity index (χ4n) is 1.33. The normalized spacial score (nSPS) is 11.1. The van der Waals surface area contributed by atoms with Crippen molar-refractivity contribution in [2.75, 3.05) is 11.8 Å². The van der Waals surface area contributed by atoms with Crippen molar-refractivity contribution in [2.45, 2.75) is 4.90 Å². The summed E-state index contributed by atoms with van der Waals surface area (Å²) in [6.45, 7) is 0. The average Bonchev–Trinajstić information content (AvgIpc) is 2.41. The first-order chi connectivity index (χ1) is 9.03. The number of anilines is 1. The summed E-state index contributed by atoms with van der Waals surface area (Å²) in [5.74, 6) is 0.552. The Morgan fingerprint density at radius 1 is 1.16 bits per heavy atom. The summed E-state index contributed by atoms with van der Waals surface area (Å²) >= 11 is 5.74. The Hall–Kier alpha value is -1.86. The molecule has 0 saturated heterocycles. The van der Waals surface area contributed by atoms with E-state index in [4.69, 9.17) is 16.3 Å². The Morgan fingerprint density at radius 3 is 2.37 bits per heavy atom. The molecular formula is C11H10ClN3O3S. The van der Waals surface area contributed by atoms with Gasteiger partial charge in [-0.25, -0.2) is 18.4 Å². The summed E-state index contributed by atoms with van der Waals surface area (Å²) in [5, 5.41) is -0.0143. The number of sulfonamides is 1. The number of rotatable bonds is 4. The number of benzene rings is 1. The van der Waals surface area contributed by atoms with E-state index in [1.807, 2.05) is 0 Å². The predicted octanol–water partition coefficient (Wildman–Crippen LogP) is 1.94. The van der Waals surface area contributed by atoms with E-state index in [2.05, 4.69) is 14.7 Å². The lowest BCUT2D eigenvalue weighted by molar-refractivity contribution is 0.414. The van der Waals surface area contributed by atoms with E-state index in [-0.39, 0.29) is 15.9 Å².